The van der Waals surface area contributed by atoms with Crippen LogP contribution in [-0.2, 0) is 0 Å². The Hall–Kier alpha value is -2.32. The first-order valence-electron chi connectivity index (χ1n) is 5.80. The summed E-state index contributed by atoms with van der Waals surface area (Å²) in [7, 11) is 0. The van der Waals surface area contributed by atoms with Crippen LogP contribution in [0.1, 0.15) is 12.8 Å². The molecule has 0 saturated carbocycles. The van der Waals surface area contributed by atoms with Gasteiger partial charge in [0.05, 0.1) is 16.0 Å². The van der Waals surface area contributed by atoms with Crippen LogP contribution >= 0.6 is 0 Å². The lowest BCUT2D eigenvalue weighted by Crippen LogP contribution is -2.11. The minimum atomic E-state index is -4.17. The third-order valence-corrected chi connectivity index (χ3v) is 2.61. The fourth-order valence-electron chi connectivity index (χ4n) is 1.69. The number of non-ortho nitro benzene ring substituents is 1. The minimum absolute atomic E-state index is 0.0688. The van der Waals surface area contributed by atoms with Gasteiger partial charge in [-0.1, -0.05) is 0 Å². The summed E-state index contributed by atoms with van der Waals surface area (Å²) in [6, 6.07) is 4.12. The topological polar surface area (TPSA) is 83.8 Å². The van der Waals surface area contributed by atoms with Crippen LogP contribution in [0, 0.1) is 10.1 Å². The number of fused-ring (bicyclic) bond motifs is 1. The molecule has 1 aromatic carbocycles. The predicted molar refractivity (Wildman–Crippen MR) is 66.5 cm³/mol. The molecular weight excluding hydrogens is 277 g/mol. The molecule has 0 fully saturated rings. The van der Waals surface area contributed by atoms with Crippen molar-refractivity contribution >= 4 is 22.7 Å². The second-order valence-corrected chi connectivity index (χ2v) is 4.19. The number of aromatic amines is 1. The van der Waals surface area contributed by atoms with Gasteiger partial charge >= 0.3 is 6.18 Å². The standard InChI is InChI=1S/C11H11F3N4O2/c12-11(13,14)4-1-5-15-10-16-8-3-2-7(18(19)20)6-9(8)17-10/h2-3,6H,1,4-5H2,(H2,15,16,17). The number of benzene rings is 1. The Bertz CT molecular complexity index is 624. The summed E-state index contributed by atoms with van der Waals surface area (Å²) in [5, 5.41) is 13.3. The Morgan fingerprint density at radius 3 is 2.80 bits per heavy atom. The van der Waals surface area contributed by atoms with Crippen molar-refractivity contribution in [2.45, 2.75) is 19.0 Å². The first-order chi connectivity index (χ1) is 9.35. The van der Waals surface area contributed by atoms with Crippen LogP contribution < -0.4 is 5.32 Å². The number of hydrogen-bond donors (Lipinski definition) is 2. The van der Waals surface area contributed by atoms with Crippen molar-refractivity contribution in [1.82, 2.24) is 9.97 Å². The minimum Gasteiger partial charge on any atom is -0.356 e. The molecular formula is C11H11F3N4O2. The third-order valence-electron chi connectivity index (χ3n) is 2.61. The quantitative estimate of drug-likeness (QED) is 0.502. The summed E-state index contributed by atoms with van der Waals surface area (Å²) < 4.78 is 35.9. The highest BCUT2D eigenvalue weighted by Gasteiger charge is 2.25. The maximum absolute atomic E-state index is 12.0. The fraction of sp³-hybridized carbons (Fsp3) is 0.364. The summed E-state index contributed by atoms with van der Waals surface area (Å²) >= 11 is 0. The lowest BCUT2D eigenvalue weighted by molar-refractivity contribution is -0.384. The number of H-pyrrole nitrogens is 1. The molecule has 0 spiro atoms. The lowest BCUT2D eigenvalue weighted by atomic mass is 10.3. The van der Waals surface area contributed by atoms with Crippen molar-refractivity contribution in [3.63, 3.8) is 0 Å². The van der Waals surface area contributed by atoms with E-state index in [0.29, 0.717) is 17.0 Å². The molecule has 2 rings (SSSR count). The van der Waals surface area contributed by atoms with Crippen molar-refractivity contribution in [2.24, 2.45) is 0 Å². The SMILES string of the molecule is O=[N+]([O-])c1ccc2nc(NCCCC(F)(F)F)[nH]c2c1. The number of nitro benzene ring substituents is 1. The molecule has 0 saturated heterocycles. The number of nitrogens with one attached hydrogen (secondary N) is 2. The third kappa shape index (κ3) is 3.59. The number of nitrogens with zero attached hydrogens (tertiary/aromatic N) is 2. The van der Waals surface area contributed by atoms with Gasteiger partial charge in [0.2, 0.25) is 5.95 Å². The van der Waals surface area contributed by atoms with E-state index in [4.69, 9.17) is 0 Å². The average molecular weight is 288 g/mol. The molecule has 0 aliphatic rings. The summed E-state index contributed by atoms with van der Waals surface area (Å²) in [5.74, 6) is 0.294. The van der Waals surface area contributed by atoms with E-state index in [2.05, 4.69) is 15.3 Å². The molecule has 1 aromatic heterocycles. The van der Waals surface area contributed by atoms with Crippen molar-refractivity contribution < 1.29 is 18.1 Å². The van der Waals surface area contributed by atoms with Crippen molar-refractivity contribution in [3.8, 4) is 0 Å². The van der Waals surface area contributed by atoms with Crippen molar-refractivity contribution in [1.29, 1.82) is 0 Å². The van der Waals surface area contributed by atoms with Gasteiger partial charge in [-0.2, -0.15) is 13.2 Å². The van der Waals surface area contributed by atoms with E-state index in [-0.39, 0.29) is 18.7 Å². The Morgan fingerprint density at radius 1 is 1.40 bits per heavy atom. The smallest absolute Gasteiger partial charge is 0.356 e. The molecule has 9 heteroatoms. The number of halogens is 3. The summed E-state index contributed by atoms with van der Waals surface area (Å²) in [6.07, 6.45) is -5.11. The number of nitro groups is 1. The zero-order valence-corrected chi connectivity index (χ0v) is 10.2. The van der Waals surface area contributed by atoms with Gasteiger partial charge in [-0.25, -0.2) is 4.98 Å². The normalized spacial score (nSPS) is 11.8. The number of anilines is 1. The van der Waals surface area contributed by atoms with E-state index >= 15 is 0 Å². The average Bonchev–Trinajstić information content (AvgIpc) is 2.75. The molecule has 0 aliphatic carbocycles. The predicted octanol–water partition coefficient (Wildman–Crippen LogP) is 3.23. The van der Waals surface area contributed by atoms with Crippen LogP contribution in [0.25, 0.3) is 11.0 Å². The molecule has 0 unspecified atom stereocenters. The second-order valence-electron chi connectivity index (χ2n) is 4.19. The zero-order valence-electron chi connectivity index (χ0n) is 10.2. The van der Waals surface area contributed by atoms with E-state index in [1.807, 2.05) is 0 Å². The van der Waals surface area contributed by atoms with Crippen LogP contribution in [0.2, 0.25) is 0 Å². The first kappa shape index (κ1) is 14.1. The largest absolute Gasteiger partial charge is 0.389 e. The zero-order chi connectivity index (χ0) is 14.8. The number of aromatic nitrogens is 2. The maximum Gasteiger partial charge on any atom is 0.389 e. The molecule has 0 bridgehead atoms. The van der Waals surface area contributed by atoms with Crippen LogP contribution in [-0.4, -0.2) is 27.6 Å². The van der Waals surface area contributed by atoms with E-state index in [1.54, 1.807) is 0 Å². The first-order valence-corrected chi connectivity index (χ1v) is 5.80. The van der Waals surface area contributed by atoms with Gasteiger partial charge in [-0.05, 0) is 12.5 Å². The molecule has 1 heterocycles. The van der Waals surface area contributed by atoms with Gasteiger partial charge in [0, 0.05) is 25.1 Å². The molecule has 2 aromatic rings. The molecule has 2 N–H and O–H groups in total. The Morgan fingerprint density at radius 2 is 2.15 bits per heavy atom. The summed E-state index contributed by atoms with van der Waals surface area (Å²) in [5.41, 5.74) is 0.885. The van der Waals surface area contributed by atoms with Crippen LogP contribution in [0.3, 0.4) is 0 Å². The van der Waals surface area contributed by atoms with Gasteiger partial charge in [0.15, 0.2) is 0 Å². The van der Waals surface area contributed by atoms with E-state index in [0.717, 1.165) is 0 Å². The molecule has 6 nitrogen and oxygen atoms in total. The molecule has 108 valence electrons. The number of imidazole rings is 1. The van der Waals surface area contributed by atoms with Gasteiger partial charge in [0.1, 0.15) is 0 Å². The highest BCUT2D eigenvalue weighted by molar-refractivity contribution is 5.79. The van der Waals surface area contributed by atoms with Gasteiger partial charge in [-0.15, -0.1) is 0 Å². The van der Waals surface area contributed by atoms with Crippen LogP contribution in [0.5, 0.6) is 0 Å². The van der Waals surface area contributed by atoms with Crippen molar-refractivity contribution in [2.75, 3.05) is 11.9 Å². The number of hydrogen-bond acceptors (Lipinski definition) is 4. The Kier molecular flexibility index (Phi) is 3.77. The molecule has 20 heavy (non-hydrogen) atoms. The van der Waals surface area contributed by atoms with Gasteiger partial charge < -0.3 is 10.3 Å². The highest BCUT2D eigenvalue weighted by atomic mass is 19.4. The second kappa shape index (κ2) is 5.35. The fourth-order valence-corrected chi connectivity index (χ4v) is 1.69. The molecule has 0 aliphatic heterocycles. The molecule has 0 atom stereocenters. The van der Waals surface area contributed by atoms with Gasteiger partial charge in [0.25, 0.3) is 5.69 Å². The highest BCUT2D eigenvalue weighted by Crippen LogP contribution is 2.22. The van der Waals surface area contributed by atoms with E-state index < -0.39 is 17.5 Å². The van der Waals surface area contributed by atoms with Crippen LogP contribution in [0.15, 0.2) is 18.2 Å². The molecule has 0 amide bonds. The summed E-state index contributed by atoms with van der Waals surface area (Å²) in [6.45, 7) is 0.113. The van der Waals surface area contributed by atoms with E-state index in [9.17, 15) is 23.3 Å². The number of alkyl halides is 3. The Labute approximate surface area is 111 Å². The lowest BCUT2D eigenvalue weighted by Gasteiger charge is -2.05. The Balaban J connectivity index is 1.99. The molecule has 0 radical (unpaired) electrons. The maximum atomic E-state index is 12.0. The number of rotatable bonds is 5. The monoisotopic (exact) mass is 288 g/mol. The van der Waals surface area contributed by atoms with Crippen molar-refractivity contribution in [3.05, 3.63) is 28.3 Å². The van der Waals surface area contributed by atoms with Crippen LogP contribution in [0.4, 0.5) is 24.8 Å². The summed E-state index contributed by atoms with van der Waals surface area (Å²) in [4.78, 5) is 16.9. The van der Waals surface area contributed by atoms with E-state index in [1.165, 1.54) is 18.2 Å². The van der Waals surface area contributed by atoms with Gasteiger partial charge in [-0.3, -0.25) is 10.1 Å².